The molecule has 1 saturated carbocycles. The molecule has 0 aromatic carbocycles. The number of carboxylic acids is 1. The Labute approximate surface area is 102 Å². The van der Waals surface area contributed by atoms with Gasteiger partial charge in [0.25, 0.3) is 0 Å². The number of rotatable bonds is 5. The highest BCUT2D eigenvalue weighted by Gasteiger charge is 2.36. The van der Waals surface area contributed by atoms with Gasteiger partial charge in [0.05, 0.1) is 0 Å². The van der Waals surface area contributed by atoms with Crippen LogP contribution in [0.5, 0.6) is 0 Å². The normalized spacial score (nSPS) is 16.8. The van der Waals surface area contributed by atoms with Gasteiger partial charge in [0.15, 0.2) is 0 Å². The van der Waals surface area contributed by atoms with Crippen LogP contribution in [0, 0.1) is 5.92 Å². The first-order valence-electron chi connectivity index (χ1n) is 6.09. The van der Waals surface area contributed by atoms with Crippen molar-refractivity contribution in [3.8, 4) is 0 Å². The highest BCUT2D eigenvalue weighted by Crippen LogP contribution is 2.28. The van der Waals surface area contributed by atoms with Crippen molar-refractivity contribution in [2.24, 2.45) is 5.92 Å². The summed E-state index contributed by atoms with van der Waals surface area (Å²) < 4.78 is 0. The largest absolute Gasteiger partial charge is 0.480 e. The summed E-state index contributed by atoms with van der Waals surface area (Å²) in [7, 11) is 1.74. The van der Waals surface area contributed by atoms with Crippen LogP contribution >= 0.6 is 0 Å². The number of carbonyl (C=O) groups is 2. The van der Waals surface area contributed by atoms with E-state index in [4.69, 9.17) is 5.11 Å². The van der Waals surface area contributed by atoms with Gasteiger partial charge >= 0.3 is 12.0 Å². The predicted octanol–water partition coefficient (Wildman–Crippen LogP) is 1.63. The molecule has 98 valence electrons. The van der Waals surface area contributed by atoms with E-state index in [0.29, 0.717) is 5.92 Å². The summed E-state index contributed by atoms with van der Waals surface area (Å²) in [5, 5.41) is 8.83. The van der Waals surface area contributed by atoms with Crippen LogP contribution in [0.15, 0.2) is 0 Å². The summed E-state index contributed by atoms with van der Waals surface area (Å²) in [5.41, 5.74) is 0. The smallest absolute Gasteiger partial charge is 0.323 e. The molecule has 0 aromatic heterocycles. The Morgan fingerprint density at radius 3 is 2.18 bits per heavy atom. The minimum Gasteiger partial charge on any atom is -0.480 e. The number of hydrogen-bond donors (Lipinski definition) is 1. The highest BCUT2D eigenvalue weighted by molar-refractivity contribution is 5.80. The molecule has 0 saturated heterocycles. The molecule has 0 heterocycles. The number of urea groups is 1. The number of carboxylic acid groups (broad SMARTS) is 1. The van der Waals surface area contributed by atoms with Crippen LogP contribution in [0.25, 0.3) is 0 Å². The molecular weight excluding hydrogens is 220 g/mol. The van der Waals surface area contributed by atoms with Crippen molar-refractivity contribution < 1.29 is 14.7 Å². The predicted molar refractivity (Wildman–Crippen MR) is 64.8 cm³/mol. The molecule has 0 radical (unpaired) electrons. The topological polar surface area (TPSA) is 60.9 Å². The zero-order valence-corrected chi connectivity index (χ0v) is 11.0. The quantitative estimate of drug-likeness (QED) is 0.797. The maximum Gasteiger partial charge on any atom is 0.323 e. The highest BCUT2D eigenvalue weighted by atomic mass is 16.4. The number of nitrogens with zero attached hydrogens (tertiary/aromatic N) is 2. The molecule has 1 fully saturated rings. The fourth-order valence-corrected chi connectivity index (χ4v) is 1.71. The molecular formula is C12H22N2O3. The fraction of sp³-hybridized carbons (Fsp3) is 0.833. The number of carbonyl (C=O) groups excluding carboxylic acids is 1. The lowest BCUT2D eigenvalue weighted by Crippen LogP contribution is -2.49. The van der Waals surface area contributed by atoms with Crippen LogP contribution < -0.4 is 0 Å². The van der Waals surface area contributed by atoms with Crippen LogP contribution in [-0.4, -0.2) is 52.6 Å². The Balaban J connectivity index is 2.67. The van der Waals surface area contributed by atoms with E-state index in [1.807, 2.05) is 20.8 Å². The second-order valence-electron chi connectivity index (χ2n) is 5.13. The number of amides is 2. The number of aliphatic carboxylic acids is 1. The van der Waals surface area contributed by atoms with E-state index in [0.717, 1.165) is 12.8 Å². The van der Waals surface area contributed by atoms with Gasteiger partial charge < -0.3 is 14.9 Å². The van der Waals surface area contributed by atoms with Gasteiger partial charge in [-0.15, -0.1) is 0 Å². The average Bonchev–Trinajstić information content (AvgIpc) is 3.06. The summed E-state index contributed by atoms with van der Waals surface area (Å²) in [5.74, 6) is -0.592. The van der Waals surface area contributed by atoms with E-state index in [1.54, 1.807) is 11.9 Å². The summed E-state index contributed by atoms with van der Waals surface area (Å²) >= 11 is 0. The van der Waals surface area contributed by atoms with Crippen molar-refractivity contribution in [2.75, 3.05) is 13.6 Å². The summed E-state index contributed by atoms with van der Waals surface area (Å²) in [4.78, 5) is 26.1. The van der Waals surface area contributed by atoms with Gasteiger partial charge in [-0.05, 0) is 25.7 Å². The lowest BCUT2D eigenvalue weighted by atomic mass is 10.1. The molecule has 5 nitrogen and oxygen atoms in total. The third kappa shape index (κ3) is 3.61. The van der Waals surface area contributed by atoms with E-state index in [1.165, 1.54) is 4.90 Å². The fourth-order valence-electron chi connectivity index (χ4n) is 1.71. The first-order valence-corrected chi connectivity index (χ1v) is 6.09. The molecule has 0 aromatic rings. The molecule has 1 unspecified atom stereocenters. The molecule has 2 amide bonds. The van der Waals surface area contributed by atoms with Gasteiger partial charge in [-0.1, -0.05) is 13.8 Å². The molecule has 1 aliphatic carbocycles. The molecule has 0 aliphatic heterocycles. The van der Waals surface area contributed by atoms with Gasteiger partial charge in [0.2, 0.25) is 0 Å². The molecule has 1 rings (SSSR count). The second kappa shape index (κ2) is 5.38. The summed E-state index contributed by atoms with van der Waals surface area (Å²) in [6.45, 7) is 5.88. The van der Waals surface area contributed by atoms with E-state index in [9.17, 15) is 9.59 Å². The third-order valence-corrected chi connectivity index (χ3v) is 3.42. The van der Waals surface area contributed by atoms with Crippen molar-refractivity contribution in [1.82, 2.24) is 9.80 Å². The van der Waals surface area contributed by atoms with Crippen LogP contribution in [0.3, 0.4) is 0 Å². The van der Waals surface area contributed by atoms with E-state index in [-0.39, 0.29) is 24.7 Å². The molecule has 1 N–H and O–H groups in total. The lowest BCUT2D eigenvalue weighted by molar-refractivity contribution is -0.137. The molecule has 1 atom stereocenters. The SMILES string of the molecule is CC(C)C(C)N(C)C(=O)N(CC(=O)O)C1CC1. The minimum atomic E-state index is -0.948. The van der Waals surface area contributed by atoms with Crippen molar-refractivity contribution >= 4 is 12.0 Å². The van der Waals surface area contributed by atoms with Crippen molar-refractivity contribution in [3.63, 3.8) is 0 Å². The van der Waals surface area contributed by atoms with E-state index >= 15 is 0 Å². The maximum absolute atomic E-state index is 12.2. The van der Waals surface area contributed by atoms with Gasteiger partial charge in [-0.2, -0.15) is 0 Å². The lowest BCUT2D eigenvalue weighted by Gasteiger charge is -2.33. The van der Waals surface area contributed by atoms with E-state index < -0.39 is 5.97 Å². The third-order valence-electron chi connectivity index (χ3n) is 3.42. The van der Waals surface area contributed by atoms with E-state index in [2.05, 4.69) is 0 Å². The monoisotopic (exact) mass is 242 g/mol. The maximum atomic E-state index is 12.2. The minimum absolute atomic E-state index is 0.109. The average molecular weight is 242 g/mol. The van der Waals surface area contributed by atoms with Gasteiger partial charge in [0, 0.05) is 19.1 Å². The zero-order valence-electron chi connectivity index (χ0n) is 11.0. The van der Waals surface area contributed by atoms with Crippen molar-refractivity contribution in [2.45, 2.75) is 45.7 Å². The molecule has 1 aliphatic rings. The van der Waals surface area contributed by atoms with Crippen LogP contribution in [0.1, 0.15) is 33.6 Å². The summed E-state index contributed by atoms with van der Waals surface area (Å²) in [6.07, 6.45) is 1.84. The van der Waals surface area contributed by atoms with Crippen LogP contribution in [0.4, 0.5) is 4.79 Å². The Morgan fingerprint density at radius 2 is 1.82 bits per heavy atom. The standard InChI is InChI=1S/C12H22N2O3/c1-8(2)9(3)13(4)12(17)14(7-11(15)16)10-5-6-10/h8-10H,5-7H2,1-4H3,(H,15,16). The molecule has 0 spiro atoms. The Morgan fingerprint density at radius 1 is 1.29 bits per heavy atom. The first kappa shape index (κ1) is 13.8. The van der Waals surface area contributed by atoms with Crippen molar-refractivity contribution in [3.05, 3.63) is 0 Å². The van der Waals surface area contributed by atoms with Gasteiger partial charge in [0.1, 0.15) is 6.54 Å². The second-order valence-corrected chi connectivity index (χ2v) is 5.13. The Hall–Kier alpha value is -1.26. The van der Waals surface area contributed by atoms with Crippen LogP contribution in [-0.2, 0) is 4.79 Å². The van der Waals surface area contributed by atoms with Crippen LogP contribution in [0.2, 0.25) is 0 Å². The number of hydrogen-bond acceptors (Lipinski definition) is 2. The molecule has 5 heteroatoms. The molecule has 0 bridgehead atoms. The Bertz CT molecular complexity index is 300. The summed E-state index contributed by atoms with van der Waals surface area (Å²) in [6, 6.07) is 0.0639. The Kier molecular flexibility index (Phi) is 4.37. The van der Waals surface area contributed by atoms with Crippen molar-refractivity contribution in [1.29, 1.82) is 0 Å². The van der Waals surface area contributed by atoms with Gasteiger partial charge in [-0.25, -0.2) is 4.79 Å². The molecule has 17 heavy (non-hydrogen) atoms. The zero-order chi connectivity index (χ0) is 13.2. The van der Waals surface area contributed by atoms with Gasteiger partial charge in [-0.3, -0.25) is 4.79 Å². The first-order chi connectivity index (χ1) is 7.84.